The highest BCUT2D eigenvalue weighted by molar-refractivity contribution is 9.10. The molecule has 6 nitrogen and oxygen atoms in total. The van der Waals surface area contributed by atoms with Crippen LogP contribution in [0.1, 0.15) is 0 Å². The maximum absolute atomic E-state index is 12.3. The number of hydrogen-bond acceptors (Lipinski definition) is 5. The normalized spacial score (nSPS) is 10.7. The van der Waals surface area contributed by atoms with Crippen LogP contribution in [-0.2, 0) is 6.54 Å². The fourth-order valence-electron chi connectivity index (χ4n) is 1.89. The van der Waals surface area contributed by atoms with Gasteiger partial charge in [-0.1, -0.05) is 15.9 Å². The number of fused-ring (bicyclic) bond motifs is 1. The first kappa shape index (κ1) is 13.7. The van der Waals surface area contributed by atoms with Gasteiger partial charge in [-0.15, -0.1) is 0 Å². The molecule has 106 valence electrons. The molecule has 3 rings (SSSR count). The van der Waals surface area contributed by atoms with Crippen LogP contribution in [-0.4, -0.2) is 26.1 Å². The van der Waals surface area contributed by atoms with Crippen molar-refractivity contribution >= 4 is 26.8 Å². The van der Waals surface area contributed by atoms with Crippen molar-refractivity contribution in [1.82, 2.24) is 19.5 Å². The Morgan fingerprint density at radius 2 is 2.00 bits per heavy atom. The summed E-state index contributed by atoms with van der Waals surface area (Å²) in [7, 11) is 0. The zero-order valence-electron chi connectivity index (χ0n) is 10.9. The average Bonchev–Trinajstić information content (AvgIpc) is 2.51. The molecular weight excluding hydrogens is 336 g/mol. The molecule has 21 heavy (non-hydrogen) atoms. The van der Waals surface area contributed by atoms with E-state index in [1.165, 1.54) is 10.9 Å². The summed E-state index contributed by atoms with van der Waals surface area (Å²) in [4.78, 5) is 24.5. The molecule has 0 saturated heterocycles. The lowest BCUT2D eigenvalue weighted by molar-refractivity contribution is 0.273. The Labute approximate surface area is 128 Å². The number of nitrogens with zero attached hydrogens (tertiary/aromatic N) is 4. The van der Waals surface area contributed by atoms with E-state index in [1.807, 2.05) is 6.07 Å². The summed E-state index contributed by atoms with van der Waals surface area (Å²) in [5.74, 6) is 0. The van der Waals surface area contributed by atoms with Gasteiger partial charge in [-0.2, -0.15) is 0 Å². The minimum atomic E-state index is -0.0983. The van der Waals surface area contributed by atoms with Gasteiger partial charge in [0.25, 0.3) is 5.56 Å². The molecule has 0 saturated carbocycles. The van der Waals surface area contributed by atoms with Gasteiger partial charge in [0.2, 0.25) is 0 Å². The van der Waals surface area contributed by atoms with E-state index in [2.05, 4.69) is 30.9 Å². The Morgan fingerprint density at radius 1 is 1.19 bits per heavy atom. The van der Waals surface area contributed by atoms with Crippen molar-refractivity contribution in [2.75, 3.05) is 6.61 Å². The number of aromatic nitrogens is 4. The first-order valence-corrected chi connectivity index (χ1v) is 7.08. The number of ether oxygens (including phenoxy) is 1. The molecule has 2 aromatic heterocycles. The van der Waals surface area contributed by atoms with Gasteiger partial charge in [0, 0.05) is 16.9 Å². The van der Waals surface area contributed by atoms with Crippen LogP contribution in [0.25, 0.3) is 10.9 Å². The maximum Gasteiger partial charge on any atom is 0.316 e. The molecule has 0 bridgehead atoms. The Kier molecular flexibility index (Phi) is 3.92. The first-order chi connectivity index (χ1) is 10.2. The lowest BCUT2D eigenvalue weighted by Gasteiger charge is -2.07. The second-order valence-electron chi connectivity index (χ2n) is 4.28. The summed E-state index contributed by atoms with van der Waals surface area (Å²) in [5.41, 5.74) is 0.575. The third kappa shape index (κ3) is 3.08. The highest BCUT2D eigenvalue weighted by atomic mass is 79.9. The Bertz CT molecular complexity index is 820. The van der Waals surface area contributed by atoms with Crippen molar-refractivity contribution in [3.8, 4) is 6.01 Å². The molecule has 7 heteroatoms. The summed E-state index contributed by atoms with van der Waals surface area (Å²) in [5, 5.41) is 0.572. The van der Waals surface area contributed by atoms with Gasteiger partial charge in [0.1, 0.15) is 6.61 Å². The number of halogens is 1. The van der Waals surface area contributed by atoms with Crippen LogP contribution in [0.2, 0.25) is 0 Å². The van der Waals surface area contributed by atoms with Gasteiger partial charge in [0.05, 0.1) is 23.8 Å². The van der Waals surface area contributed by atoms with Gasteiger partial charge >= 0.3 is 6.01 Å². The van der Waals surface area contributed by atoms with Crippen molar-refractivity contribution < 1.29 is 4.74 Å². The molecule has 1 aromatic carbocycles. The summed E-state index contributed by atoms with van der Waals surface area (Å²) in [6, 6.07) is 7.43. The van der Waals surface area contributed by atoms with Gasteiger partial charge in [-0.3, -0.25) is 9.36 Å². The molecule has 0 unspecified atom stereocenters. The van der Waals surface area contributed by atoms with E-state index in [9.17, 15) is 4.79 Å². The largest absolute Gasteiger partial charge is 0.462 e. The molecule has 0 fully saturated rings. The van der Waals surface area contributed by atoms with E-state index >= 15 is 0 Å². The second-order valence-corrected chi connectivity index (χ2v) is 5.20. The number of hydrogen-bond donors (Lipinski definition) is 0. The highest BCUT2D eigenvalue weighted by Crippen LogP contribution is 2.14. The first-order valence-electron chi connectivity index (χ1n) is 6.28. The van der Waals surface area contributed by atoms with Crippen LogP contribution in [0, 0.1) is 0 Å². The SMILES string of the molecule is O=c1c2cc(Br)ccc2ncn1CCOc1ncccn1. The van der Waals surface area contributed by atoms with E-state index < -0.39 is 0 Å². The summed E-state index contributed by atoms with van der Waals surface area (Å²) in [6.45, 7) is 0.678. The zero-order chi connectivity index (χ0) is 14.7. The number of rotatable bonds is 4. The van der Waals surface area contributed by atoms with Crippen LogP contribution in [0.5, 0.6) is 6.01 Å². The van der Waals surface area contributed by atoms with Crippen molar-refractivity contribution in [2.45, 2.75) is 6.54 Å². The molecule has 2 heterocycles. The van der Waals surface area contributed by atoms with Crippen LogP contribution in [0.3, 0.4) is 0 Å². The van der Waals surface area contributed by atoms with E-state index in [1.54, 1.807) is 30.6 Å². The lowest BCUT2D eigenvalue weighted by atomic mass is 10.2. The molecule has 0 amide bonds. The van der Waals surface area contributed by atoms with Crippen molar-refractivity contribution in [3.63, 3.8) is 0 Å². The quantitative estimate of drug-likeness (QED) is 0.722. The van der Waals surface area contributed by atoms with Crippen LogP contribution in [0.15, 0.2) is 52.3 Å². The predicted molar refractivity (Wildman–Crippen MR) is 81.2 cm³/mol. The fraction of sp³-hybridized carbons (Fsp3) is 0.143. The van der Waals surface area contributed by atoms with E-state index in [0.717, 1.165) is 4.47 Å². The molecule has 0 spiro atoms. The number of benzene rings is 1. The average molecular weight is 347 g/mol. The van der Waals surface area contributed by atoms with E-state index in [4.69, 9.17) is 4.74 Å². The lowest BCUT2D eigenvalue weighted by Crippen LogP contribution is -2.23. The van der Waals surface area contributed by atoms with Crippen molar-refractivity contribution in [2.24, 2.45) is 0 Å². The second kappa shape index (κ2) is 6.01. The Balaban J connectivity index is 1.78. The zero-order valence-corrected chi connectivity index (χ0v) is 12.5. The molecule has 0 aliphatic heterocycles. The molecule has 0 atom stereocenters. The third-order valence-electron chi connectivity index (χ3n) is 2.89. The predicted octanol–water partition coefficient (Wildman–Crippen LogP) is 2.03. The molecule has 0 N–H and O–H groups in total. The topological polar surface area (TPSA) is 69.9 Å². The Hall–Kier alpha value is -2.28. The minimum Gasteiger partial charge on any atom is -0.462 e. The van der Waals surface area contributed by atoms with Crippen molar-refractivity contribution in [1.29, 1.82) is 0 Å². The smallest absolute Gasteiger partial charge is 0.316 e. The summed E-state index contributed by atoms with van der Waals surface area (Å²) >= 11 is 3.36. The molecule has 0 aliphatic carbocycles. The minimum absolute atomic E-state index is 0.0983. The van der Waals surface area contributed by atoms with Crippen LogP contribution >= 0.6 is 15.9 Å². The highest BCUT2D eigenvalue weighted by Gasteiger charge is 2.05. The van der Waals surface area contributed by atoms with Gasteiger partial charge in [-0.25, -0.2) is 15.0 Å². The Morgan fingerprint density at radius 3 is 2.81 bits per heavy atom. The standard InChI is InChI=1S/C14H11BrN4O2/c15-10-2-3-12-11(8-10)13(20)19(9-18-12)6-7-21-14-16-4-1-5-17-14/h1-5,8-9H,6-7H2. The van der Waals surface area contributed by atoms with E-state index in [-0.39, 0.29) is 5.56 Å². The molecular formula is C14H11BrN4O2. The van der Waals surface area contributed by atoms with Gasteiger partial charge < -0.3 is 4.74 Å². The maximum atomic E-state index is 12.3. The summed E-state index contributed by atoms with van der Waals surface area (Å²) < 4.78 is 7.74. The third-order valence-corrected chi connectivity index (χ3v) is 3.38. The molecule has 0 aliphatic rings. The van der Waals surface area contributed by atoms with Crippen molar-refractivity contribution in [3.05, 3.63) is 57.8 Å². The molecule has 0 radical (unpaired) electrons. The molecule has 3 aromatic rings. The van der Waals surface area contributed by atoms with E-state index in [0.29, 0.717) is 30.1 Å². The fourth-order valence-corrected chi connectivity index (χ4v) is 2.25. The van der Waals surface area contributed by atoms with Gasteiger partial charge in [0.15, 0.2) is 0 Å². The van der Waals surface area contributed by atoms with Crippen LogP contribution < -0.4 is 10.3 Å². The van der Waals surface area contributed by atoms with Crippen LogP contribution in [0.4, 0.5) is 0 Å². The van der Waals surface area contributed by atoms with Gasteiger partial charge in [-0.05, 0) is 24.3 Å². The summed E-state index contributed by atoms with van der Waals surface area (Å²) in [6.07, 6.45) is 4.72. The monoisotopic (exact) mass is 346 g/mol.